The molecule has 0 saturated heterocycles. The van der Waals surface area contributed by atoms with Crippen molar-refractivity contribution in [1.82, 2.24) is 0 Å². The van der Waals surface area contributed by atoms with Gasteiger partial charge in [0.05, 0.1) is 24.2 Å². The fourth-order valence-electron chi connectivity index (χ4n) is 1.63. The SMILES string of the molecule is CCOC(=O)C[C@H](N=C=S)c1ccccc1C. The van der Waals surface area contributed by atoms with Crippen molar-refractivity contribution in [2.45, 2.75) is 26.3 Å². The summed E-state index contributed by atoms with van der Waals surface area (Å²) in [5.41, 5.74) is 2.06. The fourth-order valence-corrected chi connectivity index (χ4v) is 1.75. The Morgan fingerprint density at radius 2 is 2.24 bits per heavy atom. The number of hydrogen-bond donors (Lipinski definition) is 0. The van der Waals surface area contributed by atoms with Gasteiger partial charge in [0.1, 0.15) is 0 Å². The Morgan fingerprint density at radius 3 is 2.82 bits per heavy atom. The van der Waals surface area contributed by atoms with Gasteiger partial charge in [0.2, 0.25) is 0 Å². The van der Waals surface area contributed by atoms with Gasteiger partial charge in [0.25, 0.3) is 0 Å². The van der Waals surface area contributed by atoms with Crippen LogP contribution in [-0.2, 0) is 9.53 Å². The molecule has 0 aliphatic heterocycles. The molecular formula is C13H15NO2S. The lowest BCUT2D eigenvalue weighted by atomic mass is 9.99. The standard InChI is InChI=1S/C13H15NO2S/c1-3-16-13(15)8-12(14-9-17)11-7-5-4-6-10(11)2/h4-7,12H,3,8H2,1-2H3/t12-/m0/s1. The molecule has 0 spiro atoms. The number of hydrogen-bond acceptors (Lipinski definition) is 4. The van der Waals surface area contributed by atoms with Gasteiger partial charge >= 0.3 is 5.97 Å². The normalized spacial score (nSPS) is 11.4. The van der Waals surface area contributed by atoms with Gasteiger partial charge in [-0.15, -0.1) is 0 Å². The summed E-state index contributed by atoms with van der Waals surface area (Å²) in [5, 5.41) is 2.34. The highest BCUT2D eigenvalue weighted by atomic mass is 32.1. The summed E-state index contributed by atoms with van der Waals surface area (Å²) in [6, 6.07) is 7.48. The lowest BCUT2D eigenvalue weighted by Crippen LogP contribution is -2.10. The van der Waals surface area contributed by atoms with Crippen LogP contribution in [0.4, 0.5) is 0 Å². The Morgan fingerprint density at radius 1 is 1.53 bits per heavy atom. The number of nitrogens with zero attached hydrogens (tertiary/aromatic N) is 1. The second-order valence-electron chi connectivity index (χ2n) is 3.60. The third kappa shape index (κ3) is 4.10. The first-order valence-electron chi connectivity index (χ1n) is 5.47. The molecule has 0 aliphatic carbocycles. The summed E-state index contributed by atoms with van der Waals surface area (Å²) in [6.07, 6.45) is 0.197. The van der Waals surface area contributed by atoms with Gasteiger partial charge < -0.3 is 4.74 Å². The molecule has 0 amide bonds. The lowest BCUT2D eigenvalue weighted by Gasteiger charge is -2.13. The number of isothiocyanates is 1. The zero-order valence-corrected chi connectivity index (χ0v) is 10.8. The predicted octanol–water partition coefficient (Wildman–Crippen LogP) is 3.09. The molecule has 1 atom stereocenters. The topological polar surface area (TPSA) is 38.7 Å². The zero-order valence-electron chi connectivity index (χ0n) is 9.97. The molecule has 0 bridgehead atoms. The van der Waals surface area contributed by atoms with E-state index in [1.165, 1.54) is 0 Å². The van der Waals surface area contributed by atoms with Gasteiger partial charge in [-0.3, -0.25) is 4.79 Å². The van der Waals surface area contributed by atoms with E-state index in [0.717, 1.165) is 11.1 Å². The molecule has 3 nitrogen and oxygen atoms in total. The number of rotatable bonds is 5. The molecular weight excluding hydrogens is 234 g/mol. The Kier molecular flexibility index (Phi) is 5.53. The molecule has 0 unspecified atom stereocenters. The maximum atomic E-state index is 11.5. The van der Waals surface area contributed by atoms with E-state index in [9.17, 15) is 4.79 Å². The highest BCUT2D eigenvalue weighted by Crippen LogP contribution is 2.24. The van der Waals surface area contributed by atoms with Gasteiger partial charge in [0.15, 0.2) is 0 Å². The molecule has 0 saturated carbocycles. The zero-order chi connectivity index (χ0) is 12.7. The van der Waals surface area contributed by atoms with E-state index in [1.807, 2.05) is 31.2 Å². The Labute approximate surface area is 107 Å². The van der Waals surface area contributed by atoms with Crippen LogP contribution < -0.4 is 0 Å². The largest absolute Gasteiger partial charge is 0.466 e. The minimum Gasteiger partial charge on any atom is -0.466 e. The summed E-state index contributed by atoms with van der Waals surface area (Å²) >= 11 is 4.62. The van der Waals surface area contributed by atoms with E-state index in [0.29, 0.717) is 6.61 Å². The predicted molar refractivity (Wildman–Crippen MR) is 70.2 cm³/mol. The maximum absolute atomic E-state index is 11.5. The average Bonchev–Trinajstić information content (AvgIpc) is 2.29. The highest BCUT2D eigenvalue weighted by Gasteiger charge is 2.17. The maximum Gasteiger partial charge on any atom is 0.308 e. The van der Waals surface area contributed by atoms with Crippen LogP contribution in [0.3, 0.4) is 0 Å². The molecule has 0 aromatic heterocycles. The van der Waals surface area contributed by atoms with Crippen molar-refractivity contribution in [2.75, 3.05) is 6.61 Å². The van der Waals surface area contributed by atoms with E-state index in [2.05, 4.69) is 22.4 Å². The Balaban J connectivity index is 2.90. The summed E-state index contributed by atoms with van der Waals surface area (Å²) in [5.74, 6) is -0.269. The van der Waals surface area contributed by atoms with E-state index < -0.39 is 0 Å². The second-order valence-corrected chi connectivity index (χ2v) is 3.78. The molecule has 0 N–H and O–H groups in total. The first-order chi connectivity index (χ1) is 8.19. The van der Waals surface area contributed by atoms with E-state index in [-0.39, 0.29) is 18.4 Å². The minimum absolute atomic E-state index is 0.197. The van der Waals surface area contributed by atoms with Crippen LogP contribution >= 0.6 is 12.2 Å². The van der Waals surface area contributed by atoms with Gasteiger partial charge in [-0.25, -0.2) is 4.99 Å². The number of carbonyl (C=O) groups excluding carboxylic acids is 1. The van der Waals surface area contributed by atoms with Gasteiger partial charge in [0, 0.05) is 0 Å². The van der Waals surface area contributed by atoms with Crippen molar-refractivity contribution >= 4 is 23.3 Å². The number of esters is 1. The molecule has 4 heteroatoms. The van der Waals surface area contributed by atoms with Crippen LogP contribution in [0.15, 0.2) is 29.3 Å². The first kappa shape index (κ1) is 13.6. The summed E-state index contributed by atoms with van der Waals surface area (Å²) < 4.78 is 4.92. The molecule has 0 fully saturated rings. The molecule has 1 aromatic carbocycles. The van der Waals surface area contributed by atoms with Crippen LogP contribution in [0.1, 0.15) is 30.5 Å². The summed E-state index contributed by atoms with van der Waals surface area (Å²) in [7, 11) is 0. The fraction of sp³-hybridized carbons (Fsp3) is 0.385. The number of aliphatic imine (C=N–C) groups is 1. The third-order valence-corrected chi connectivity index (χ3v) is 2.53. The van der Waals surface area contributed by atoms with Crippen molar-refractivity contribution in [3.8, 4) is 0 Å². The number of ether oxygens (including phenoxy) is 1. The van der Waals surface area contributed by atoms with Crippen LogP contribution in [0.2, 0.25) is 0 Å². The van der Waals surface area contributed by atoms with Crippen molar-refractivity contribution in [2.24, 2.45) is 4.99 Å². The van der Waals surface area contributed by atoms with Crippen molar-refractivity contribution in [3.63, 3.8) is 0 Å². The number of aryl methyl sites for hydroxylation is 1. The van der Waals surface area contributed by atoms with Crippen molar-refractivity contribution in [3.05, 3.63) is 35.4 Å². The Hall–Kier alpha value is -1.51. The van der Waals surface area contributed by atoms with Gasteiger partial charge in [-0.1, -0.05) is 24.3 Å². The average molecular weight is 249 g/mol. The van der Waals surface area contributed by atoms with Crippen LogP contribution in [-0.4, -0.2) is 17.7 Å². The molecule has 1 aromatic rings. The molecule has 1 rings (SSSR count). The molecule has 0 radical (unpaired) electrons. The lowest BCUT2D eigenvalue weighted by molar-refractivity contribution is -0.143. The Bertz CT molecular complexity index is 439. The van der Waals surface area contributed by atoms with Crippen LogP contribution in [0, 0.1) is 6.92 Å². The summed E-state index contributed by atoms with van der Waals surface area (Å²) in [6.45, 7) is 4.14. The highest BCUT2D eigenvalue weighted by molar-refractivity contribution is 7.78. The monoisotopic (exact) mass is 249 g/mol. The minimum atomic E-state index is -0.298. The number of carbonyl (C=O) groups is 1. The molecule has 0 aliphatic rings. The first-order valence-corrected chi connectivity index (χ1v) is 5.88. The summed E-state index contributed by atoms with van der Waals surface area (Å²) in [4.78, 5) is 15.5. The second kappa shape index (κ2) is 6.94. The van der Waals surface area contributed by atoms with Crippen molar-refractivity contribution in [1.29, 1.82) is 0 Å². The van der Waals surface area contributed by atoms with Gasteiger partial charge in [-0.05, 0) is 37.2 Å². The molecule has 17 heavy (non-hydrogen) atoms. The molecule has 0 heterocycles. The van der Waals surface area contributed by atoms with E-state index in [1.54, 1.807) is 6.92 Å². The van der Waals surface area contributed by atoms with Gasteiger partial charge in [-0.2, -0.15) is 0 Å². The smallest absolute Gasteiger partial charge is 0.308 e. The van der Waals surface area contributed by atoms with E-state index in [4.69, 9.17) is 4.74 Å². The van der Waals surface area contributed by atoms with Crippen molar-refractivity contribution < 1.29 is 9.53 Å². The number of thiocarbonyl (C=S) groups is 1. The molecule has 90 valence electrons. The quantitative estimate of drug-likeness (QED) is 0.457. The number of benzene rings is 1. The van der Waals surface area contributed by atoms with Crippen LogP contribution in [0.5, 0.6) is 0 Å². The van der Waals surface area contributed by atoms with E-state index >= 15 is 0 Å². The van der Waals surface area contributed by atoms with Crippen LogP contribution in [0.25, 0.3) is 0 Å². The third-order valence-electron chi connectivity index (χ3n) is 2.42.